The van der Waals surface area contributed by atoms with Crippen molar-refractivity contribution < 1.29 is 9.18 Å². The second kappa shape index (κ2) is 5.56. The highest BCUT2D eigenvalue weighted by atomic mass is 19.1. The van der Waals surface area contributed by atoms with Crippen LogP contribution in [0.2, 0.25) is 0 Å². The Kier molecular flexibility index (Phi) is 3.85. The van der Waals surface area contributed by atoms with Crippen LogP contribution in [-0.4, -0.2) is 5.78 Å². The molecule has 2 aromatic carbocycles. The van der Waals surface area contributed by atoms with E-state index >= 15 is 0 Å². The molecule has 0 heterocycles. The van der Waals surface area contributed by atoms with Gasteiger partial charge < -0.3 is 5.73 Å². The largest absolute Gasteiger partial charge is 0.326 e. The van der Waals surface area contributed by atoms with E-state index in [-0.39, 0.29) is 18.0 Å². The predicted molar refractivity (Wildman–Crippen MR) is 68.8 cm³/mol. The van der Waals surface area contributed by atoms with E-state index in [1.165, 1.54) is 6.07 Å². The van der Waals surface area contributed by atoms with Gasteiger partial charge in [0.25, 0.3) is 0 Å². The number of carbonyl (C=O) groups excluding carboxylic acids is 1. The average Bonchev–Trinajstić information content (AvgIpc) is 2.41. The molecule has 0 saturated heterocycles. The third kappa shape index (κ3) is 2.81. The molecule has 0 fully saturated rings. The van der Waals surface area contributed by atoms with E-state index in [1.54, 1.807) is 30.3 Å². The number of ketones is 1. The Bertz CT molecular complexity index is 549. The number of hydrogen-bond acceptors (Lipinski definition) is 2. The summed E-state index contributed by atoms with van der Waals surface area (Å²) in [6.07, 6.45) is 0.0780. The van der Waals surface area contributed by atoms with E-state index in [0.717, 1.165) is 5.56 Å². The van der Waals surface area contributed by atoms with Crippen molar-refractivity contribution in [3.63, 3.8) is 0 Å². The standard InChI is InChI=1S/C15H14FNO/c16-14-4-2-1-3-13(14)9-15(18)12-7-5-11(10-17)6-8-12/h1-8H,9-10,17H2. The van der Waals surface area contributed by atoms with Gasteiger partial charge in [0, 0.05) is 18.5 Å². The van der Waals surface area contributed by atoms with Gasteiger partial charge in [-0.15, -0.1) is 0 Å². The Morgan fingerprint density at radius 3 is 2.33 bits per heavy atom. The molecular formula is C15H14FNO. The van der Waals surface area contributed by atoms with Crippen molar-refractivity contribution in [3.8, 4) is 0 Å². The van der Waals surface area contributed by atoms with Gasteiger partial charge in [-0.2, -0.15) is 0 Å². The Morgan fingerprint density at radius 2 is 1.72 bits per heavy atom. The molecule has 0 aliphatic carbocycles. The molecule has 2 nitrogen and oxygen atoms in total. The van der Waals surface area contributed by atoms with Crippen molar-refractivity contribution >= 4 is 5.78 Å². The average molecular weight is 243 g/mol. The number of Topliss-reactive ketones (excluding diaryl/α,β-unsaturated/α-hetero) is 1. The Labute approximate surface area is 105 Å². The first kappa shape index (κ1) is 12.5. The molecule has 0 aromatic heterocycles. The van der Waals surface area contributed by atoms with E-state index in [0.29, 0.717) is 17.7 Å². The van der Waals surface area contributed by atoms with Crippen molar-refractivity contribution in [3.05, 3.63) is 71.0 Å². The van der Waals surface area contributed by atoms with Gasteiger partial charge >= 0.3 is 0 Å². The van der Waals surface area contributed by atoms with Crippen molar-refractivity contribution in [2.75, 3.05) is 0 Å². The summed E-state index contributed by atoms with van der Waals surface area (Å²) in [5.74, 6) is -0.437. The fourth-order valence-corrected chi connectivity index (χ4v) is 1.74. The van der Waals surface area contributed by atoms with E-state index in [1.807, 2.05) is 12.1 Å². The van der Waals surface area contributed by atoms with Crippen molar-refractivity contribution in [1.82, 2.24) is 0 Å². The molecule has 0 amide bonds. The first-order chi connectivity index (χ1) is 8.70. The minimum Gasteiger partial charge on any atom is -0.326 e. The van der Waals surface area contributed by atoms with E-state index < -0.39 is 0 Å². The van der Waals surface area contributed by atoms with Crippen LogP contribution in [0.25, 0.3) is 0 Å². The van der Waals surface area contributed by atoms with Gasteiger partial charge in [0.1, 0.15) is 5.82 Å². The quantitative estimate of drug-likeness (QED) is 0.839. The van der Waals surface area contributed by atoms with Crippen molar-refractivity contribution in [2.24, 2.45) is 5.73 Å². The monoisotopic (exact) mass is 243 g/mol. The molecule has 0 saturated carbocycles. The highest BCUT2D eigenvalue weighted by Gasteiger charge is 2.09. The lowest BCUT2D eigenvalue weighted by Crippen LogP contribution is -2.05. The summed E-state index contributed by atoms with van der Waals surface area (Å²) >= 11 is 0. The third-order valence-corrected chi connectivity index (χ3v) is 2.82. The molecule has 18 heavy (non-hydrogen) atoms. The molecule has 2 rings (SSSR count). The molecular weight excluding hydrogens is 229 g/mol. The number of nitrogens with two attached hydrogens (primary N) is 1. The fourth-order valence-electron chi connectivity index (χ4n) is 1.74. The second-order valence-corrected chi connectivity index (χ2v) is 4.09. The number of rotatable bonds is 4. The van der Waals surface area contributed by atoms with Crippen LogP contribution in [0.1, 0.15) is 21.5 Å². The van der Waals surface area contributed by atoms with Crippen molar-refractivity contribution in [1.29, 1.82) is 0 Å². The summed E-state index contributed by atoms with van der Waals surface area (Å²) < 4.78 is 13.4. The zero-order valence-corrected chi connectivity index (χ0v) is 9.90. The summed E-state index contributed by atoms with van der Waals surface area (Å²) in [5.41, 5.74) is 7.46. The molecule has 0 spiro atoms. The second-order valence-electron chi connectivity index (χ2n) is 4.09. The van der Waals surface area contributed by atoms with Gasteiger partial charge in [0.2, 0.25) is 0 Å². The van der Waals surface area contributed by atoms with Crippen LogP contribution in [0.5, 0.6) is 0 Å². The zero-order chi connectivity index (χ0) is 13.0. The number of hydrogen-bond donors (Lipinski definition) is 1. The lowest BCUT2D eigenvalue weighted by molar-refractivity contribution is 0.0992. The van der Waals surface area contributed by atoms with E-state index in [4.69, 9.17) is 5.73 Å². The lowest BCUT2D eigenvalue weighted by Gasteiger charge is -2.04. The van der Waals surface area contributed by atoms with Crippen LogP contribution in [0.3, 0.4) is 0 Å². The van der Waals surface area contributed by atoms with Gasteiger partial charge in [-0.05, 0) is 17.2 Å². The first-order valence-electron chi connectivity index (χ1n) is 5.76. The molecule has 92 valence electrons. The van der Waals surface area contributed by atoms with Gasteiger partial charge in [0.05, 0.1) is 0 Å². The summed E-state index contributed by atoms with van der Waals surface area (Å²) in [6, 6.07) is 13.4. The Hall–Kier alpha value is -2.00. The molecule has 2 N–H and O–H groups in total. The van der Waals surface area contributed by atoms with Crippen LogP contribution in [-0.2, 0) is 13.0 Å². The predicted octanol–water partition coefficient (Wildman–Crippen LogP) is 2.71. The Morgan fingerprint density at radius 1 is 1.06 bits per heavy atom. The van der Waals surface area contributed by atoms with Crippen LogP contribution >= 0.6 is 0 Å². The Balaban J connectivity index is 2.14. The molecule has 0 bridgehead atoms. The van der Waals surface area contributed by atoms with Gasteiger partial charge in [0.15, 0.2) is 5.78 Å². The molecule has 0 aliphatic rings. The maximum Gasteiger partial charge on any atom is 0.167 e. The van der Waals surface area contributed by atoms with Crippen LogP contribution in [0.15, 0.2) is 48.5 Å². The maximum atomic E-state index is 13.4. The SMILES string of the molecule is NCc1ccc(C(=O)Cc2ccccc2F)cc1. The van der Waals surface area contributed by atoms with Gasteiger partial charge in [-0.25, -0.2) is 4.39 Å². The molecule has 0 atom stereocenters. The smallest absolute Gasteiger partial charge is 0.167 e. The topological polar surface area (TPSA) is 43.1 Å². The van der Waals surface area contributed by atoms with E-state index in [2.05, 4.69) is 0 Å². The maximum absolute atomic E-state index is 13.4. The van der Waals surface area contributed by atoms with Gasteiger partial charge in [-0.3, -0.25) is 4.79 Å². The highest BCUT2D eigenvalue weighted by molar-refractivity contribution is 5.97. The molecule has 3 heteroatoms. The number of halogens is 1. The third-order valence-electron chi connectivity index (χ3n) is 2.82. The number of carbonyl (C=O) groups is 1. The van der Waals surface area contributed by atoms with Crippen LogP contribution in [0, 0.1) is 5.82 Å². The molecule has 0 aliphatic heterocycles. The van der Waals surface area contributed by atoms with Crippen LogP contribution in [0.4, 0.5) is 4.39 Å². The van der Waals surface area contributed by atoms with E-state index in [9.17, 15) is 9.18 Å². The van der Waals surface area contributed by atoms with Gasteiger partial charge in [-0.1, -0.05) is 42.5 Å². The normalized spacial score (nSPS) is 10.3. The zero-order valence-electron chi connectivity index (χ0n) is 9.90. The molecule has 0 unspecified atom stereocenters. The summed E-state index contributed by atoms with van der Waals surface area (Å²) in [6.45, 7) is 0.446. The summed E-state index contributed by atoms with van der Waals surface area (Å²) in [5, 5.41) is 0. The fraction of sp³-hybridized carbons (Fsp3) is 0.133. The molecule has 0 radical (unpaired) electrons. The number of benzene rings is 2. The summed E-state index contributed by atoms with van der Waals surface area (Å²) in [4.78, 5) is 12.0. The summed E-state index contributed by atoms with van der Waals surface area (Å²) in [7, 11) is 0. The first-order valence-corrected chi connectivity index (χ1v) is 5.76. The minimum absolute atomic E-state index is 0.0780. The molecule has 2 aromatic rings. The lowest BCUT2D eigenvalue weighted by atomic mass is 10.0. The van der Waals surface area contributed by atoms with Crippen molar-refractivity contribution in [2.45, 2.75) is 13.0 Å². The van der Waals surface area contributed by atoms with Crippen LogP contribution < -0.4 is 5.73 Å². The highest BCUT2D eigenvalue weighted by Crippen LogP contribution is 2.12. The minimum atomic E-state index is -0.343.